The van der Waals surface area contributed by atoms with Crippen LogP contribution in [0.4, 0.5) is 5.00 Å². The molecule has 0 unspecified atom stereocenters. The first-order valence-electron chi connectivity index (χ1n) is 6.58. The maximum absolute atomic E-state index is 12.4. The van der Waals surface area contributed by atoms with Gasteiger partial charge in [0, 0.05) is 9.40 Å². The van der Waals surface area contributed by atoms with Crippen molar-refractivity contribution in [3.8, 4) is 0 Å². The summed E-state index contributed by atoms with van der Waals surface area (Å²) in [4.78, 5) is 13.1. The molecule has 0 aliphatic rings. The number of hydrogen-bond acceptors (Lipinski definition) is 3. The third-order valence-corrected chi connectivity index (χ3v) is 5.46. The topological polar surface area (TPSA) is 29.1 Å². The number of rotatable bonds is 2. The van der Waals surface area contributed by atoms with Gasteiger partial charge in [-0.3, -0.25) is 4.79 Å². The highest BCUT2D eigenvalue weighted by atomic mass is 32.1. The molecule has 1 N–H and O–H groups in total. The first-order chi connectivity index (χ1) is 10.3. The van der Waals surface area contributed by atoms with Gasteiger partial charge in [0.25, 0.3) is 5.91 Å². The van der Waals surface area contributed by atoms with E-state index in [2.05, 4.69) is 17.4 Å². The molecule has 4 aromatic rings. The van der Waals surface area contributed by atoms with E-state index in [-0.39, 0.29) is 5.91 Å². The van der Waals surface area contributed by atoms with Gasteiger partial charge in [-0.25, -0.2) is 0 Å². The highest BCUT2D eigenvalue weighted by molar-refractivity contribution is 7.23. The van der Waals surface area contributed by atoms with Crippen molar-refractivity contribution < 1.29 is 4.79 Å². The molecular weight excluding hydrogens is 298 g/mol. The monoisotopic (exact) mass is 309 g/mol. The van der Waals surface area contributed by atoms with E-state index in [4.69, 9.17) is 0 Å². The Kier molecular flexibility index (Phi) is 2.98. The second-order valence-electron chi connectivity index (χ2n) is 4.75. The van der Waals surface area contributed by atoms with Crippen LogP contribution in [0.25, 0.3) is 20.2 Å². The second-order valence-corrected chi connectivity index (χ2v) is 6.92. The first kappa shape index (κ1) is 12.6. The summed E-state index contributed by atoms with van der Waals surface area (Å²) in [7, 11) is 0. The smallest absolute Gasteiger partial charge is 0.266 e. The number of nitrogens with one attached hydrogen (secondary N) is 1. The van der Waals surface area contributed by atoms with Crippen LogP contribution in [0.5, 0.6) is 0 Å². The van der Waals surface area contributed by atoms with Crippen molar-refractivity contribution in [3.63, 3.8) is 0 Å². The summed E-state index contributed by atoms with van der Waals surface area (Å²) >= 11 is 3.12. The zero-order valence-corrected chi connectivity index (χ0v) is 12.6. The Hall–Kier alpha value is -2.17. The Labute approximate surface area is 129 Å². The molecule has 102 valence electrons. The molecule has 0 saturated heterocycles. The fourth-order valence-electron chi connectivity index (χ4n) is 2.31. The molecule has 0 spiro atoms. The van der Waals surface area contributed by atoms with E-state index in [0.717, 1.165) is 25.4 Å². The summed E-state index contributed by atoms with van der Waals surface area (Å²) in [5, 5.41) is 6.16. The molecule has 21 heavy (non-hydrogen) atoms. The standard InChI is InChI=1S/C17H11NOS2/c19-17(15-9-11-5-1-3-7-13(11)20-15)18-16-10-12-6-2-4-8-14(12)21-16/h1-10H,(H,18,19). The molecule has 0 aliphatic heterocycles. The van der Waals surface area contributed by atoms with Crippen LogP contribution in [-0.4, -0.2) is 5.91 Å². The van der Waals surface area contributed by atoms with E-state index in [1.807, 2.05) is 48.5 Å². The van der Waals surface area contributed by atoms with Crippen molar-refractivity contribution in [2.24, 2.45) is 0 Å². The van der Waals surface area contributed by atoms with Gasteiger partial charge in [-0.15, -0.1) is 22.7 Å². The number of thiophene rings is 2. The van der Waals surface area contributed by atoms with Gasteiger partial charge >= 0.3 is 0 Å². The summed E-state index contributed by atoms with van der Waals surface area (Å²) in [5.74, 6) is -0.0391. The van der Waals surface area contributed by atoms with Crippen LogP contribution in [0.1, 0.15) is 9.67 Å². The number of benzene rings is 2. The summed E-state index contributed by atoms with van der Waals surface area (Å²) in [6, 6.07) is 20.2. The van der Waals surface area contributed by atoms with E-state index < -0.39 is 0 Å². The lowest BCUT2D eigenvalue weighted by molar-refractivity contribution is 0.103. The average Bonchev–Trinajstić information content (AvgIpc) is 3.10. The number of anilines is 1. The Morgan fingerprint density at radius 2 is 1.43 bits per heavy atom. The Balaban J connectivity index is 1.65. The zero-order valence-electron chi connectivity index (χ0n) is 11.0. The maximum Gasteiger partial charge on any atom is 0.266 e. The van der Waals surface area contributed by atoms with Gasteiger partial charge in [0.15, 0.2) is 0 Å². The van der Waals surface area contributed by atoms with Crippen LogP contribution >= 0.6 is 22.7 Å². The minimum absolute atomic E-state index is 0.0391. The van der Waals surface area contributed by atoms with Crippen molar-refractivity contribution >= 4 is 53.8 Å². The van der Waals surface area contributed by atoms with Crippen molar-refractivity contribution in [2.75, 3.05) is 5.32 Å². The molecule has 2 aromatic heterocycles. The first-order valence-corrected chi connectivity index (χ1v) is 8.21. The van der Waals surface area contributed by atoms with Crippen LogP contribution < -0.4 is 5.32 Å². The molecule has 4 rings (SSSR count). The van der Waals surface area contributed by atoms with Gasteiger partial charge in [0.05, 0.1) is 9.88 Å². The van der Waals surface area contributed by atoms with E-state index in [1.165, 1.54) is 16.0 Å². The normalized spacial score (nSPS) is 11.0. The molecule has 0 atom stereocenters. The predicted octanol–water partition coefficient (Wildman–Crippen LogP) is 5.37. The van der Waals surface area contributed by atoms with Crippen LogP contribution in [0.2, 0.25) is 0 Å². The molecule has 2 heterocycles. The molecule has 2 aromatic carbocycles. The second kappa shape index (κ2) is 4.98. The molecule has 4 heteroatoms. The molecule has 0 bridgehead atoms. The Bertz CT molecular complexity index is 885. The average molecular weight is 309 g/mol. The van der Waals surface area contributed by atoms with E-state index in [9.17, 15) is 4.79 Å². The summed E-state index contributed by atoms with van der Waals surface area (Å²) < 4.78 is 2.32. The van der Waals surface area contributed by atoms with Gasteiger partial charge in [0.2, 0.25) is 0 Å². The highest BCUT2D eigenvalue weighted by Crippen LogP contribution is 2.31. The van der Waals surface area contributed by atoms with Gasteiger partial charge in [-0.2, -0.15) is 0 Å². The van der Waals surface area contributed by atoms with Gasteiger partial charge < -0.3 is 5.32 Å². The lowest BCUT2D eigenvalue weighted by Crippen LogP contribution is -2.08. The van der Waals surface area contributed by atoms with Crippen molar-refractivity contribution in [2.45, 2.75) is 0 Å². The predicted molar refractivity (Wildman–Crippen MR) is 91.6 cm³/mol. The number of carbonyl (C=O) groups excluding carboxylic acids is 1. The summed E-state index contributed by atoms with van der Waals surface area (Å²) in [5.41, 5.74) is 0. The SMILES string of the molecule is O=C(Nc1cc2ccccc2s1)c1cc2ccccc2s1. The van der Waals surface area contributed by atoms with E-state index in [0.29, 0.717) is 0 Å². The van der Waals surface area contributed by atoms with Crippen LogP contribution in [0.15, 0.2) is 60.7 Å². The number of fused-ring (bicyclic) bond motifs is 2. The molecule has 0 aliphatic carbocycles. The minimum atomic E-state index is -0.0391. The number of carbonyl (C=O) groups is 1. The molecular formula is C17H11NOS2. The van der Waals surface area contributed by atoms with Crippen LogP contribution in [-0.2, 0) is 0 Å². The molecule has 0 fully saturated rings. The third-order valence-electron chi connectivity index (χ3n) is 3.31. The highest BCUT2D eigenvalue weighted by Gasteiger charge is 2.11. The van der Waals surface area contributed by atoms with Crippen LogP contribution in [0.3, 0.4) is 0 Å². The fraction of sp³-hybridized carbons (Fsp3) is 0. The van der Waals surface area contributed by atoms with Crippen molar-refractivity contribution in [1.82, 2.24) is 0 Å². The Morgan fingerprint density at radius 3 is 2.10 bits per heavy atom. The Morgan fingerprint density at radius 1 is 0.810 bits per heavy atom. The van der Waals surface area contributed by atoms with Gasteiger partial charge in [-0.05, 0) is 35.0 Å². The third kappa shape index (κ3) is 2.33. The van der Waals surface area contributed by atoms with E-state index >= 15 is 0 Å². The quantitative estimate of drug-likeness (QED) is 0.530. The fourth-order valence-corrected chi connectivity index (χ4v) is 4.23. The number of hydrogen-bond donors (Lipinski definition) is 1. The van der Waals surface area contributed by atoms with Gasteiger partial charge in [-0.1, -0.05) is 36.4 Å². The maximum atomic E-state index is 12.4. The number of amides is 1. The van der Waals surface area contributed by atoms with Crippen molar-refractivity contribution in [1.29, 1.82) is 0 Å². The largest absolute Gasteiger partial charge is 0.313 e. The molecule has 2 nitrogen and oxygen atoms in total. The zero-order chi connectivity index (χ0) is 14.2. The summed E-state index contributed by atoms with van der Waals surface area (Å²) in [6.45, 7) is 0. The minimum Gasteiger partial charge on any atom is -0.313 e. The van der Waals surface area contributed by atoms with E-state index in [1.54, 1.807) is 11.3 Å². The van der Waals surface area contributed by atoms with Gasteiger partial charge in [0.1, 0.15) is 0 Å². The molecule has 0 saturated carbocycles. The lowest BCUT2D eigenvalue weighted by atomic mass is 10.2. The van der Waals surface area contributed by atoms with Crippen molar-refractivity contribution in [3.05, 3.63) is 65.5 Å². The molecule has 1 amide bonds. The van der Waals surface area contributed by atoms with Crippen LogP contribution in [0, 0.1) is 0 Å². The summed E-state index contributed by atoms with van der Waals surface area (Å²) in [6.07, 6.45) is 0. The lowest BCUT2D eigenvalue weighted by Gasteiger charge is -1.98. The molecule has 0 radical (unpaired) electrons.